The van der Waals surface area contributed by atoms with Crippen LogP contribution < -0.4 is 16.4 Å². The Kier molecular flexibility index (Phi) is 5.52. The quantitative estimate of drug-likeness (QED) is 0.678. The van der Waals surface area contributed by atoms with Crippen LogP contribution in [0.4, 0.5) is 17.6 Å². The Morgan fingerprint density at radius 1 is 1.18 bits per heavy atom. The van der Waals surface area contributed by atoms with Crippen LogP contribution >= 0.6 is 0 Å². The van der Waals surface area contributed by atoms with Gasteiger partial charge < -0.3 is 16.4 Å². The second-order valence-electron chi connectivity index (χ2n) is 4.53. The molecule has 0 unspecified atom stereocenters. The molecule has 0 aliphatic heterocycles. The molecule has 1 aromatic heterocycles. The number of aromatic nitrogens is 2. The van der Waals surface area contributed by atoms with Gasteiger partial charge in [0.1, 0.15) is 11.6 Å². The zero-order valence-corrected chi connectivity index (χ0v) is 11.0. The minimum Gasteiger partial charge on any atom is -0.370 e. The molecule has 0 saturated carbocycles. The number of rotatable bonds is 7. The van der Waals surface area contributed by atoms with Gasteiger partial charge in [0.25, 0.3) is 0 Å². The number of nitrogens with one attached hydrogen (secondary N) is 2. The average molecular weight is 237 g/mol. The molecule has 1 aromatic rings. The van der Waals surface area contributed by atoms with Gasteiger partial charge >= 0.3 is 0 Å². The SMILES string of the molecule is CCCNc1cc(NCCC(C)C)nc(N)n1. The van der Waals surface area contributed by atoms with Gasteiger partial charge in [-0.2, -0.15) is 9.97 Å². The number of nitrogens with two attached hydrogens (primary N) is 1. The normalized spacial score (nSPS) is 10.6. The van der Waals surface area contributed by atoms with Crippen LogP contribution in [0.2, 0.25) is 0 Å². The Hall–Kier alpha value is -1.52. The molecule has 0 spiro atoms. The predicted octanol–water partition coefficient (Wildman–Crippen LogP) is 2.34. The molecule has 1 heterocycles. The highest BCUT2D eigenvalue weighted by Gasteiger charge is 2.02. The minimum absolute atomic E-state index is 0.304. The molecule has 0 saturated heterocycles. The number of nitrogen functional groups attached to an aromatic ring is 1. The van der Waals surface area contributed by atoms with Gasteiger partial charge in [-0.15, -0.1) is 0 Å². The highest BCUT2D eigenvalue weighted by molar-refractivity contribution is 5.50. The molecule has 96 valence electrons. The fraction of sp³-hybridized carbons (Fsp3) is 0.667. The van der Waals surface area contributed by atoms with E-state index in [0.717, 1.165) is 37.6 Å². The van der Waals surface area contributed by atoms with Crippen molar-refractivity contribution in [2.24, 2.45) is 5.92 Å². The van der Waals surface area contributed by atoms with Crippen LogP contribution in [-0.2, 0) is 0 Å². The molecule has 0 aliphatic carbocycles. The maximum absolute atomic E-state index is 5.66. The maximum atomic E-state index is 5.66. The van der Waals surface area contributed by atoms with Gasteiger partial charge in [-0.25, -0.2) is 0 Å². The van der Waals surface area contributed by atoms with Crippen molar-refractivity contribution < 1.29 is 0 Å². The van der Waals surface area contributed by atoms with Crippen LogP contribution in [0.3, 0.4) is 0 Å². The van der Waals surface area contributed by atoms with Crippen molar-refractivity contribution >= 4 is 17.6 Å². The fourth-order valence-electron chi connectivity index (χ4n) is 1.39. The first-order valence-electron chi connectivity index (χ1n) is 6.24. The highest BCUT2D eigenvalue weighted by Crippen LogP contribution is 2.12. The Morgan fingerprint density at radius 2 is 1.76 bits per heavy atom. The monoisotopic (exact) mass is 237 g/mol. The Bertz CT molecular complexity index is 338. The third-order valence-corrected chi connectivity index (χ3v) is 2.33. The first kappa shape index (κ1) is 13.5. The first-order valence-corrected chi connectivity index (χ1v) is 6.24. The van der Waals surface area contributed by atoms with E-state index in [1.54, 1.807) is 0 Å². The lowest BCUT2D eigenvalue weighted by Gasteiger charge is -2.10. The smallest absolute Gasteiger partial charge is 0.223 e. The van der Waals surface area contributed by atoms with Crippen LogP contribution in [0.15, 0.2) is 6.07 Å². The summed E-state index contributed by atoms with van der Waals surface area (Å²) in [6.07, 6.45) is 2.17. The summed E-state index contributed by atoms with van der Waals surface area (Å²) in [7, 11) is 0. The summed E-state index contributed by atoms with van der Waals surface area (Å²) in [5, 5.41) is 6.47. The van der Waals surface area contributed by atoms with E-state index in [0.29, 0.717) is 11.9 Å². The van der Waals surface area contributed by atoms with E-state index in [1.165, 1.54) is 0 Å². The van der Waals surface area contributed by atoms with Crippen LogP contribution in [0.1, 0.15) is 33.6 Å². The third-order valence-electron chi connectivity index (χ3n) is 2.33. The molecular weight excluding hydrogens is 214 g/mol. The maximum Gasteiger partial charge on any atom is 0.223 e. The van der Waals surface area contributed by atoms with Crippen molar-refractivity contribution in [3.63, 3.8) is 0 Å². The highest BCUT2D eigenvalue weighted by atomic mass is 15.1. The second-order valence-corrected chi connectivity index (χ2v) is 4.53. The van der Waals surface area contributed by atoms with Crippen LogP contribution in [0.5, 0.6) is 0 Å². The zero-order valence-electron chi connectivity index (χ0n) is 11.0. The predicted molar refractivity (Wildman–Crippen MR) is 73.2 cm³/mol. The van der Waals surface area contributed by atoms with E-state index in [-0.39, 0.29) is 0 Å². The van der Waals surface area contributed by atoms with E-state index in [2.05, 4.69) is 41.4 Å². The summed E-state index contributed by atoms with van der Waals surface area (Å²) in [4.78, 5) is 8.28. The van der Waals surface area contributed by atoms with Crippen molar-refractivity contribution in [1.82, 2.24) is 9.97 Å². The van der Waals surface area contributed by atoms with Gasteiger partial charge in [0.15, 0.2) is 0 Å². The number of hydrogen-bond donors (Lipinski definition) is 3. The van der Waals surface area contributed by atoms with E-state index < -0.39 is 0 Å². The van der Waals surface area contributed by atoms with Crippen LogP contribution in [-0.4, -0.2) is 23.1 Å². The third kappa shape index (κ3) is 5.38. The summed E-state index contributed by atoms with van der Waals surface area (Å²) in [5.74, 6) is 2.56. The van der Waals surface area contributed by atoms with Gasteiger partial charge in [0.2, 0.25) is 5.95 Å². The van der Waals surface area contributed by atoms with E-state index in [1.807, 2.05) is 6.07 Å². The van der Waals surface area contributed by atoms with Gasteiger partial charge in [0, 0.05) is 19.2 Å². The van der Waals surface area contributed by atoms with Gasteiger partial charge in [-0.05, 0) is 18.8 Å². The molecule has 4 N–H and O–H groups in total. The number of anilines is 3. The molecule has 0 amide bonds. The molecule has 0 radical (unpaired) electrons. The van der Waals surface area contributed by atoms with Gasteiger partial charge in [0.05, 0.1) is 0 Å². The van der Waals surface area contributed by atoms with E-state index >= 15 is 0 Å². The first-order chi connectivity index (χ1) is 8.11. The van der Waals surface area contributed by atoms with Crippen molar-refractivity contribution in [1.29, 1.82) is 0 Å². The molecule has 1 rings (SSSR count). The summed E-state index contributed by atoms with van der Waals surface area (Å²) in [6, 6.07) is 1.90. The molecule has 0 aliphatic rings. The van der Waals surface area contributed by atoms with Gasteiger partial charge in [-0.3, -0.25) is 0 Å². The Labute approximate surface area is 103 Å². The zero-order chi connectivity index (χ0) is 12.7. The average Bonchev–Trinajstić information content (AvgIpc) is 2.25. The topological polar surface area (TPSA) is 75.9 Å². The molecule has 0 bridgehead atoms. The molecule has 17 heavy (non-hydrogen) atoms. The van der Waals surface area contributed by atoms with Crippen LogP contribution in [0, 0.1) is 5.92 Å². The standard InChI is InChI=1S/C12H23N5/c1-4-6-14-10-8-11(17-12(13)16-10)15-7-5-9(2)3/h8-9H,4-7H2,1-3H3,(H4,13,14,15,16,17). The van der Waals surface area contributed by atoms with Crippen molar-refractivity contribution in [3.8, 4) is 0 Å². The fourth-order valence-corrected chi connectivity index (χ4v) is 1.39. The Balaban J connectivity index is 2.55. The number of hydrogen-bond acceptors (Lipinski definition) is 5. The largest absolute Gasteiger partial charge is 0.370 e. The molecule has 0 atom stereocenters. The van der Waals surface area contributed by atoms with Gasteiger partial charge in [-0.1, -0.05) is 20.8 Å². The molecular formula is C12H23N5. The summed E-state index contributed by atoms with van der Waals surface area (Å²) in [6.45, 7) is 8.30. The molecule has 0 aromatic carbocycles. The number of nitrogens with zero attached hydrogens (tertiary/aromatic N) is 2. The summed E-state index contributed by atoms with van der Waals surface area (Å²) >= 11 is 0. The summed E-state index contributed by atoms with van der Waals surface area (Å²) in [5.41, 5.74) is 5.66. The van der Waals surface area contributed by atoms with E-state index in [4.69, 9.17) is 5.73 Å². The molecule has 0 fully saturated rings. The lowest BCUT2D eigenvalue weighted by atomic mass is 10.1. The summed E-state index contributed by atoms with van der Waals surface area (Å²) < 4.78 is 0. The Morgan fingerprint density at radius 3 is 2.29 bits per heavy atom. The van der Waals surface area contributed by atoms with Crippen molar-refractivity contribution in [2.45, 2.75) is 33.6 Å². The lowest BCUT2D eigenvalue weighted by molar-refractivity contribution is 0.606. The van der Waals surface area contributed by atoms with E-state index in [9.17, 15) is 0 Å². The lowest BCUT2D eigenvalue weighted by Crippen LogP contribution is -2.10. The van der Waals surface area contributed by atoms with Crippen molar-refractivity contribution in [3.05, 3.63) is 6.07 Å². The second kappa shape index (κ2) is 6.93. The van der Waals surface area contributed by atoms with Crippen molar-refractivity contribution in [2.75, 3.05) is 29.5 Å². The van der Waals surface area contributed by atoms with Crippen LogP contribution in [0.25, 0.3) is 0 Å². The molecule has 5 heteroatoms. The minimum atomic E-state index is 0.304. The molecule has 5 nitrogen and oxygen atoms in total.